The van der Waals surface area contributed by atoms with Crippen LogP contribution in [0.1, 0.15) is 15.9 Å². The van der Waals surface area contributed by atoms with E-state index >= 15 is 0 Å². The first-order chi connectivity index (χ1) is 9.45. The highest BCUT2D eigenvalue weighted by molar-refractivity contribution is 6.34. The van der Waals surface area contributed by atoms with E-state index in [0.29, 0.717) is 15.8 Å². The average molecular weight is 315 g/mol. The van der Waals surface area contributed by atoms with Gasteiger partial charge in [-0.3, -0.25) is 0 Å². The van der Waals surface area contributed by atoms with Gasteiger partial charge in [-0.1, -0.05) is 23.2 Å². The third-order valence-corrected chi connectivity index (χ3v) is 2.96. The molecule has 0 radical (unpaired) electrons. The van der Waals surface area contributed by atoms with Gasteiger partial charge in [0, 0.05) is 15.6 Å². The summed E-state index contributed by atoms with van der Waals surface area (Å²) in [6.45, 7) is -0.121. The number of hydrogen-bond donors (Lipinski definition) is 1. The second kappa shape index (κ2) is 6.11. The number of rotatable bonds is 4. The van der Waals surface area contributed by atoms with Crippen molar-refractivity contribution in [1.29, 1.82) is 0 Å². The Labute approximate surface area is 124 Å². The number of carboxylic acids is 1. The van der Waals surface area contributed by atoms with Crippen LogP contribution in [0, 0.1) is 5.82 Å². The Morgan fingerprint density at radius 1 is 1.15 bits per heavy atom. The van der Waals surface area contributed by atoms with Crippen molar-refractivity contribution in [3.63, 3.8) is 0 Å². The van der Waals surface area contributed by atoms with Crippen molar-refractivity contribution in [2.24, 2.45) is 0 Å². The number of aromatic carboxylic acids is 1. The van der Waals surface area contributed by atoms with E-state index in [2.05, 4.69) is 0 Å². The summed E-state index contributed by atoms with van der Waals surface area (Å²) in [6.07, 6.45) is 0. The Kier molecular flexibility index (Phi) is 4.47. The predicted octanol–water partition coefficient (Wildman–Crippen LogP) is 4.41. The maximum atomic E-state index is 13.6. The number of carbonyl (C=O) groups is 1. The van der Waals surface area contributed by atoms with E-state index in [9.17, 15) is 9.18 Å². The van der Waals surface area contributed by atoms with Crippen molar-refractivity contribution in [3.8, 4) is 5.75 Å². The zero-order valence-electron chi connectivity index (χ0n) is 10.1. The molecule has 20 heavy (non-hydrogen) atoms. The number of halogens is 3. The molecule has 1 N–H and O–H groups in total. The van der Waals surface area contributed by atoms with Gasteiger partial charge < -0.3 is 9.84 Å². The minimum absolute atomic E-state index is 0.00544. The zero-order valence-corrected chi connectivity index (χ0v) is 11.6. The van der Waals surface area contributed by atoms with Crippen molar-refractivity contribution in [1.82, 2.24) is 0 Å². The lowest BCUT2D eigenvalue weighted by molar-refractivity contribution is 0.0696. The first-order valence-electron chi connectivity index (χ1n) is 5.56. The standard InChI is InChI=1S/C14H9Cl2FO3/c15-10-4-11(16)6-12(5-10)20-7-9-3-8(14(18)19)1-2-13(9)17/h1-6H,7H2,(H,18,19). The summed E-state index contributed by atoms with van der Waals surface area (Å²) in [6, 6.07) is 8.12. The van der Waals surface area contributed by atoms with Crippen LogP contribution in [0.4, 0.5) is 4.39 Å². The van der Waals surface area contributed by atoms with Crippen molar-refractivity contribution in [2.45, 2.75) is 6.61 Å². The van der Waals surface area contributed by atoms with Crippen molar-refractivity contribution >= 4 is 29.2 Å². The van der Waals surface area contributed by atoms with Crippen molar-refractivity contribution < 1.29 is 19.0 Å². The molecule has 0 saturated carbocycles. The van der Waals surface area contributed by atoms with E-state index in [1.165, 1.54) is 24.3 Å². The van der Waals surface area contributed by atoms with Gasteiger partial charge in [0.25, 0.3) is 0 Å². The van der Waals surface area contributed by atoms with Crippen LogP contribution in [0.15, 0.2) is 36.4 Å². The van der Waals surface area contributed by atoms with Crippen LogP contribution in [0.25, 0.3) is 0 Å². The van der Waals surface area contributed by atoms with Crippen LogP contribution < -0.4 is 4.74 Å². The van der Waals surface area contributed by atoms with Gasteiger partial charge in [0.15, 0.2) is 0 Å². The second-order valence-corrected chi connectivity index (χ2v) is 4.88. The largest absolute Gasteiger partial charge is 0.489 e. The molecule has 0 atom stereocenters. The SMILES string of the molecule is O=C(O)c1ccc(F)c(COc2cc(Cl)cc(Cl)c2)c1. The van der Waals surface area contributed by atoms with E-state index in [0.717, 1.165) is 6.07 Å². The lowest BCUT2D eigenvalue weighted by Gasteiger charge is -2.09. The highest BCUT2D eigenvalue weighted by Crippen LogP contribution is 2.25. The summed E-state index contributed by atoms with van der Waals surface area (Å²) >= 11 is 11.6. The molecule has 0 aliphatic carbocycles. The Morgan fingerprint density at radius 3 is 2.40 bits per heavy atom. The summed E-state index contributed by atoms with van der Waals surface area (Å²) < 4.78 is 18.9. The van der Waals surface area contributed by atoms with Crippen molar-refractivity contribution in [3.05, 3.63) is 63.4 Å². The molecular formula is C14H9Cl2FO3. The number of ether oxygens (including phenoxy) is 1. The highest BCUT2D eigenvalue weighted by Gasteiger charge is 2.09. The van der Waals surface area contributed by atoms with Gasteiger partial charge in [-0.05, 0) is 36.4 Å². The number of carboxylic acid groups (broad SMARTS) is 1. The third kappa shape index (κ3) is 3.62. The fourth-order valence-corrected chi connectivity index (χ4v) is 2.10. The normalized spacial score (nSPS) is 10.3. The summed E-state index contributed by atoms with van der Waals surface area (Å²) in [4.78, 5) is 10.8. The van der Waals surface area contributed by atoms with Crippen LogP contribution in [-0.2, 0) is 6.61 Å². The molecule has 0 aliphatic heterocycles. The van der Waals surface area contributed by atoms with E-state index in [1.54, 1.807) is 6.07 Å². The summed E-state index contributed by atoms with van der Waals surface area (Å²) in [5, 5.41) is 9.65. The second-order valence-electron chi connectivity index (χ2n) is 4.01. The molecule has 3 nitrogen and oxygen atoms in total. The number of benzene rings is 2. The first-order valence-corrected chi connectivity index (χ1v) is 6.32. The summed E-state index contributed by atoms with van der Waals surface area (Å²) in [7, 11) is 0. The Morgan fingerprint density at radius 2 is 1.80 bits per heavy atom. The fraction of sp³-hybridized carbons (Fsp3) is 0.0714. The van der Waals surface area contributed by atoms with Crippen LogP contribution in [0.2, 0.25) is 10.0 Å². The summed E-state index contributed by atoms with van der Waals surface area (Å²) in [5.41, 5.74) is 0.134. The van der Waals surface area contributed by atoms with Crippen molar-refractivity contribution in [2.75, 3.05) is 0 Å². The predicted molar refractivity (Wildman–Crippen MR) is 74.2 cm³/mol. The molecule has 0 fully saturated rings. The maximum absolute atomic E-state index is 13.6. The lowest BCUT2D eigenvalue weighted by Crippen LogP contribution is -2.03. The molecule has 104 valence electrons. The van der Waals surface area contributed by atoms with E-state index in [1.807, 2.05) is 0 Å². The van der Waals surface area contributed by atoms with Gasteiger partial charge in [0.1, 0.15) is 18.2 Å². The maximum Gasteiger partial charge on any atom is 0.335 e. The first kappa shape index (κ1) is 14.6. The minimum atomic E-state index is -1.13. The van der Waals surface area contributed by atoms with Gasteiger partial charge in [-0.15, -0.1) is 0 Å². The third-order valence-electron chi connectivity index (χ3n) is 2.52. The molecule has 0 aliphatic rings. The minimum Gasteiger partial charge on any atom is -0.489 e. The molecule has 0 heterocycles. The smallest absolute Gasteiger partial charge is 0.335 e. The van der Waals surface area contributed by atoms with Gasteiger partial charge >= 0.3 is 5.97 Å². The van der Waals surface area contributed by atoms with E-state index in [-0.39, 0.29) is 17.7 Å². The van der Waals surface area contributed by atoms with Gasteiger partial charge in [0.2, 0.25) is 0 Å². The molecule has 0 saturated heterocycles. The topological polar surface area (TPSA) is 46.5 Å². The van der Waals surface area contributed by atoms with Gasteiger partial charge in [-0.2, -0.15) is 0 Å². The van der Waals surface area contributed by atoms with Crippen LogP contribution >= 0.6 is 23.2 Å². The number of hydrogen-bond acceptors (Lipinski definition) is 2. The molecule has 2 aromatic rings. The molecule has 2 aromatic carbocycles. The molecule has 0 amide bonds. The Balaban J connectivity index is 2.18. The van der Waals surface area contributed by atoms with Crippen LogP contribution in [0.3, 0.4) is 0 Å². The van der Waals surface area contributed by atoms with Crippen LogP contribution in [0.5, 0.6) is 5.75 Å². The molecule has 0 spiro atoms. The Bertz CT molecular complexity index is 639. The average Bonchev–Trinajstić information content (AvgIpc) is 2.36. The van der Waals surface area contributed by atoms with E-state index < -0.39 is 11.8 Å². The van der Waals surface area contributed by atoms with Gasteiger partial charge in [-0.25, -0.2) is 9.18 Å². The highest BCUT2D eigenvalue weighted by atomic mass is 35.5. The molecule has 0 aromatic heterocycles. The molecule has 6 heteroatoms. The quantitative estimate of drug-likeness (QED) is 0.909. The fourth-order valence-electron chi connectivity index (χ4n) is 1.59. The lowest BCUT2D eigenvalue weighted by atomic mass is 10.1. The molecular weight excluding hydrogens is 306 g/mol. The monoisotopic (exact) mass is 314 g/mol. The van der Waals surface area contributed by atoms with Gasteiger partial charge in [0.05, 0.1) is 5.56 Å². The molecule has 2 rings (SSSR count). The van der Waals surface area contributed by atoms with E-state index in [4.69, 9.17) is 33.0 Å². The molecule has 0 unspecified atom stereocenters. The zero-order chi connectivity index (χ0) is 14.7. The molecule has 0 bridgehead atoms. The van der Waals surface area contributed by atoms with Crippen LogP contribution in [-0.4, -0.2) is 11.1 Å². The summed E-state index contributed by atoms with van der Waals surface area (Å²) in [5.74, 6) is -1.29. The Hall–Kier alpha value is -1.78.